The molecule has 1 unspecified atom stereocenters. The van der Waals surface area contributed by atoms with Crippen molar-refractivity contribution in [3.63, 3.8) is 0 Å². The Balaban J connectivity index is 1.77. The van der Waals surface area contributed by atoms with Crippen LogP contribution < -0.4 is 16.2 Å². The van der Waals surface area contributed by atoms with Crippen LogP contribution in [0, 0.1) is 0 Å². The highest BCUT2D eigenvalue weighted by molar-refractivity contribution is 6.11. The second-order valence-corrected chi connectivity index (χ2v) is 6.61. The Morgan fingerprint density at radius 1 is 1.12 bits per heavy atom. The molecule has 1 aliphatic rings. The van der Waals surface area contributed by atoms with Gasteiger partial charge in [-0.25, -0.2) is 0 Å². The number of ether oxygens (including phenoxy) is 1. The lowest BCUT2D eigenvalue weighted by atomic mass is 10.0. The van der Waals surface area contributed by atoms with Gasteiger partial charge in [0.2, 0.25) is 0 Å². The topological polar surface area (TPSA) is 81.6 Å². The van der Waals surface area contributed by atoms with Gasteiger partial charge in [0.05, 0.1) is 16.9 Å². The number of nitrogen functional groups attached to an aromatic ring is 2. The molecule has 3 rings (SSSR count). The summed E-state index contributed by atoms with van der Waals surface area (Å²) in [4.78, 5) is 15.3. The minimum absolute atomic E-state index is 0.0172. The van der Waals surface area contributed by atoms with Crippen molar-refractivity contribution in [3.05, 3.63) is 53.6 Å². The van der Waals surface area contributed by atoms with Gasteiger partial charge in [-0.2, -0.15) is 0 Å². The first-order chi connectivity index (χ1) is 12.0. The molecule has 5 heteroatoms. The number of nitrogens with zero attached hydrogens (tertiary/aromatic N) is 1. The van der Waals surface area contributed by atoms with E-state index in [-0.39, 0.29) is 11.9 Å². The highest BCUT2D eigenvalue weighted by Gasteiger charge is 2.19. The van der Waals surface area contributed by atoms with Gasteiger partial charge < -0.3 is 16.2 Å². The van der Waals surface area contributed by atoms with Crippen LogP contribution >= 0.6 is 0 Å². The van der Waals surface area contributed by atoms with Crippen LogP contribution in [0.15, 0.2) is 42.5 Å². The fourth-order valence-electron chi connectivity index (χ4n) is 3.21. The molecule has 0 amide bonds. The van der Waals surface area contributed by atoms with Crippen molar-refractivity contribution in [2.45, 2.75) is 25.9 Å². The van der Waals surface area contributed by atoms with E-state index in [1.54, 1.807) is 24.3 Å². The summed E-state index contributed by atoms with van der Waals surface area (Å²) in [7, 11) is 0. The maximum absolute atomic E-state index is 12.9. The Bertz CT molecular complexity index is 754. The van der Waals surface area contributed by atoms with Crippen LogP contribution in [-0.2, 0) is 0 Å². The smallest absolute Gasteiger partial charge is 0.196 e. The summed E-state index contributed by atoms with van der Waals surface area (Å²) in [6.07, 6.45) is 2.52. The summed E-state index contributed by atoms with van der Waals surface area (Å²) in [5.74, 6) is 0.491. The number of hydrogen-bond donors (Lipinski definition) is 2. The second-order valence-electron chi connectivity index (χ2n) is 6.61. The first-order valence-corrected chi connectivity index (χ1v) is 8.72. The first kappa shape index (κ1) is 17.3. The van der Waals surface area contributed by atoms with E-state index in [1.807, 2.05) is 25.1 Å². The number of carbonyl (C=O) groups excluding carboxylic acids is 1. The van der Waals surface area contributed by atoms with E-state index in [2.05, 4.69) is 4.90 Å². The summed E-state index contributed by atoms with van der Waals surface area (Å²) in [6.45, 7) is 5.16. The van der Waals surface area contributed by atoms with Gasteiger partial charge >= 0.3 is 0 Å². The van der Waals surface area contributed by atoms with Gasteiger partial charge in [-0.15, -0.1) is 0 Å². The molecule has 0 bridgehead atoms. The second kappa shape index (κ2) is 7.57. The monoisotopic (exact) mass is 339 g/mol. The average Bonchev–Trinajstić information content (AvgIpc) is 3.10. The number of ketones is 1. The van der Waals surface area contributed by atoms with Gasteiger partial charge in [0.1, 0.15) is 11.9 Å². The summed E-state index contributed by atoms with van der Waals surface area (Å²) < 4.78 is 6.09. The fourth-order valence-corrected chi connectivity index (χ4v) is 3.21. The molecule has 0 aromatic heterocycles. The lowest BCUT2D eigenvalue weighted by Crippen LogP contribution is -2.32. The normalized spacial score (nSPS) is 15.9. The molecule has 4 N–H and O–H groups in total. The van der Waals surface area contributed by atoms with E-state index < -0.39 is 0 Å². The molecule has 5 nitrogen and oxygen atoms in total. The molecule has 0 spiro atoms. The Morgan fingerprint density at radius 3 is 2.56 bits per heavy atom. The summed E-state index contributed by atoms with van der Waals surface area (Å²) in [5.41, 5.74) is 13.5. The Labute approximate surface area is 148 Å². The lowest BCUT2D eigenvalue weighted by Gasteiger charge is -2.22. The first-order valence-electron chi connectivity index (χ1n) is 8.72. The zero-order valence-electron chi connectivity index (χ0n) is 14.6. The van der Waals surface area contributed by atoms with Crippen LogP contribution in [-0.4, -0.2) is 36.4 Å². The van der Waals surface area contributed by atoms with Crippen LogP contribution in [0.5, 0.6) is 5.75 Å². The molecular weight excluding hydrogens is 314 g/mol. The largest absolute Gasteiger partial charge is 0.489 e. The highest BCUT2D eigenvalue weighted by atomic mass is 16.5. The minimum Gasteiger partial charge on any atom is -0.489 e. The maximum atomic E-state index is 12.9. The average molecular weight is 339 g/mol. The van der Waals surface area contributed by atoms with E-state index >= 15 is 0 Å². The van der Waals surface area contributed by atoms with Crippen molar-refractivity contribution in [1.82, 2.24) is 4.90 Å². The number of hydrogen-bond acceptors (Lipinski definition) is 5. The van der Waals surface area contributed by atoms with Crippen molar-refractivity contribution >= 4 is 17.2 Å². The number of nitrogens with two attached hydrogens (primary N) is 2. The molecule has 0 aliphatic carbocycles. The molecule has 0 radical (unpaired) electrons. The third-order valence-electron chi connectivity index (χ3n) is 4.52. The third kappa shape index (κ3) is 4.12. The fraction of sp³-hybridized carbons (Fsp3) is 0.350. The van der Waals surface area contributed by atoms with Crippen LogP contribution in [0.25, 0.3) is 0 Å². The van der Waals surface area contributed by atoms with Gasteiger partial charge in [-0.05, 0) is 63.2 Å². The molecule has 0 saturated carbocycles. The van der Waals surface area contributed by atoms with Crippen molar-refractivity contribution in [2.75, 3.05) is 31.1 Å². The van der Waals surface area contributed by atoms with Gasteiger partial charge in [0, 0.05) is 12.1 Å². The molecule has 2 aromatic carbocycles. The summed E-state index contributed by atoms with van der Waals surface area (Å²) in [5, 5.41) is 0. The molecule has 1 fully saturated rings. The zero-order chi connectivity index (χ0) is 17.8. The van der Waals surface area contributed by atoms with E-state index in [0.29, 0.717) is 28.3 Å². The summed E-state index contributed by atoms with van der Waals surface area (Å²) >= 11 is 0. The third-order valence-corrected chi connectivity index (χ3v) is 4.52. The van der Waals surface area contributed by atoms with Crippen molar-refractivity contribution in [2.24, 2.45) is 0 Å². The number of anilines is 2. The summed E-state index contributed by atoms with van der Waals surface area (Å²) in [6, 6.07) is 12.3. The van der Waals surface area contributed by atoms with Gasteiger partial charge in [-0.1, -0.05) is 12.1 Å². The molecule has 2 aromatic rings. The zero-order valence-corrected chi connectivity index (χ0v) is 14.6. The Morgan fingerprint density at radius 2 is 1.84 bits per heavy atom. The minimum atomic E-state index is -0.115. The Kier molecular flexibility index (Phi) is 5.24. The van der Waals surface area contributed by atoms with E-state index in [9.17, 15) is 4.79 Å². The van der Waals surface area contributed by atoms with E-state index in [0.717, 1.165) is 19.6 Å². The molecule has 1 saturated heterocycles. The quantitative estimate of drug-likeness (QED) is 0.625. The number of para-hydroxylation sites is 1. The van der Waals surface area contributed by atoms with Crippen LogP contribution in [0.3, 0.4) is 0 Å². The molecule has 1 aliphatic heterocycles. The number of benzene rings is 2. The molecule has 1 atom stereocenters. The van der Waals surface area contributed by atoms with Crippen molar-refractivity contribution in [1.29, 1.82) is 0 Å². The predicted molar refractivity (Wildman–Crippen MR) is 101 cm³/mol. The molecular formula is C20H25N3O2. The van der Waals surface area contributed by atoms with Gasteiger partial charge in [0.25, 0.3) is 0 Å². The predicted octanol–water partition coefficient (Wildman–Crippen LogP) is 2.95. The van der Waals surface area contributed by atoms with E-state index in [1.165, 1.54) is 12.8 Å². The SMILES string of the molecule is CC(CN1CCCC1)Oc1ccccc1C(=O)c1ccc(N)c(N)c1. The number of rotatable bonds is 6. The highest BCUT2D eigenvalue weighted by Crippen LogP contribution is 2.25. The van der Waals surface area contributed by atoms with E-state index in [4.69, 9.17) is 16.2 Å². The molecule has 132 valence electrons. The number of likely N-dealkylation sites (tertiary alicyclic amines) is 1. The van der Waals surface area contributed by atoms with Crippen molar-refractivity contribution in [3.8, 4) is 5.75 Å². The van der Waals surface area contributed by atoms with Crippen LogP contribution in [0.2, 0.25) is 0 Å². The molecule has 25 heavy (non-hydrogen) atoms. The molecule has 1 heterocycles. The Hall–Kier alpha value is -2.53. The number of carbonyl (C=O) groups is 1. The lowest BCUT2D eigenvalue weighted by molar-refractivity contribution is 0.102. The standard InChI is InChI=1S/C20H25N3O2/c1-14(13-23-10-4-5-11-23)25-19-7-3-2-6-16(19)20(24)15-8-9-17(21)18(22)12-15/h2-3,6-9,12,14H,4-5,10-11,13,21-22H2,1H3. The van der Waals surface area contributed by atoms with Crippen molar-refractivity contribution < 1.29 is 9.53 Å². The van der Waals surface area contributed by atoms with Crippen LogP contribution in [0.1, 0.15) is 35.7 Å². The van der Waals surface area contributed by atoms with Gasteiger partial charge in [-0.3, -0.25) is 9.69 Å². The van der Waals surface area contributed by atoms with Crippen LogP contribution in [0.4, 0.5) is 11.4 Å². The van der Waals surface area contributed by atoms with Gasteiger partial charge in [0.15, 0.2) is 5.78 Å². The maximum Gasteiger partial charge on any atom is 0.196 e.